The van der Waals surface area contributed by atoms with Gasteiger partial charge in [-0.25, -0.2) is 0 Å². The number of nitrogens with zero attached hydrogens (tertiary/aromatic N) is 3. The fourth-order valence-electron chi connectivity index (χ4n) is 2.92. The highest BCUT2D eigenvalue weighted by Crippen LogP contribution is 2.26. The van der Waals surface area contributed by atoms with Crippen LogP contribution in [-0.2, 0) is 0 Å². The van der Waals surface area contributed by atoms with E-state index in [4.69, 9.17) is 4.74 Å². The third-order valence-electron chi connectivity index (χ3n) is 4.36. The Morgan fingerprint density at radius 2 is 1.83 bits per heavy atom. The highest BCUT2D eigenvalue weighted by Gasteiger charge is 2.28. The minimum absolute atomic E-state index is 0.0685. The standard InChI is InChI=1S/C18H21N3O2/c1-20-11-12-21(18(22)15-7-9-19-10-8-15)13-17(20)14-3-5-16(23-2)6-4-14/h3-10,17H,11-13H2,1-2H3/t17-/m0/s1. The van der Waals surface area contributed by atoms with Crippen LogP contribution in [0.3, 0.4) is 0 Å². The minimum Gasteiger partial charge on any atom is -0.497 e. The fraction of sp³-hybridized carbons (Fsp3) is 0.333. The lowest BCUT2D eigenvalue weighted by molar-refractivity contribution is 0.0546. The number of hydrogen-bond acceptors (Lipinski definition) is 4. The number of rotatable bonds is 3. The summed E-state index contributed by atoms with van der Waals surface area (Å²) >= 11 is 0. The normalized spacial score (nSPS) is 18.7. The Morgan fingerprint density at radius 1 is 1.13 bits per heavy atom. The van der Waals surface area contributed by atoms with E-state index in [1.54, 1.807) is 31.6 Å². The average molecular weight is 311 g/mol. The Labute approximate surface area is 136 Å². The predicted molar refractivity (Wildman–Crippen MR) is 88.5 cm³/mol. The molecule has 2 aromatic rings. The van der Waals surface area contributed by atoms with E-state index in [0.717, 1.165) is 18.8 Å². The van der Waals surface area contributed by atoms with Gasteiger partial charge in [-0.3, -0.25) is 14.7 Å². The second-order valence-corrected chi connectivity index (χ2v) is 5.76. The second kappa shape index (κ2) is 6.79. The number of carbonyl (C=O) groups excluding carboxylic acids is 1. The first kappa shape index (κ1) is 15.5. The molecule has 120 valence electrons. The molecule has 0 spiro atoms. The van der Waals surface area contributed by atoms with Crippen molar-refractivity contribution >= 4 is 5.91 Å². The minimum atomic E-state index is 0.0685. The zero-order chi connectivity index (χ0) is 16.2. The maximum Gasteiger partial charge on any atom is 0.254 e. The number of ether oxygens (including phenoxy) is 1. The maximum atomic E-state index is 12.6. The van der Waals surface area contributed by atoms with Crippen molar-refractivity contribution in [2.75, 3.05) is 33.8 Å². The maximum absolute atomic E-state index is 12.6. The summed E-state index contributed by atoms with van der Waals surface area (Å²) in [5, 5.41) is 0. The number of benzene rings is 1. The molecule has 1 fully saturated rings. The van der Waals surface area contributed by atoms with E-state index in [2.05, 4.69) is 29.1 Å². The first-order valence-electron chi connectivity index (χ1n) is 7.72. The van der Waals surface area contributed by atoms with E-state index in [9.17, 15) is 4.79 Å². The molecule has 5 heteroatoms. The molecule has 1 amide bonds. The van der Waals surface area contributed by atoms with Crippen molar-refractivity contribution in [3.63, 3.8) is 0 Å². The van der Waals surface area contributed by atoms with E-state index in [0.29, 0.717) is 12.1 Å². The zero-order valence-electron chi connectivity index (χ0n) is 13.5. The van der Waals surface area contributed by atoms with Crippen LogP contribution in [-0.4, -0.2) is 54.5 Å². The SMILES string of the molecule is COc1ccc([C@@H]2CN(C(=O)c3ccncc3)CCN2C)cc1. The van der Waals surface area contributed by atoms with Crippen molar-refractivity contribution in [1.82, 2.24) is 14.8 Å². The smallest absolute Gasteiger partial charge is 0.254 e. The van der Waals surface area contributed by atoms with Gasteiger partial charge >= 0.3 is 0 Å². The van der Waals surface area contributed by atoms with Gasteiger partial charge in [-0.15, -0.1) is 0 Å². The van der Waals surface area contributed by atoms with Crippen LogP contribution in [0.5, 0.6) is 5.75 Å². The van der Waals surface area contributed by atoms with Crippen LogP contribution >= 0.6 is 0 Å². The van der Waals surface area contributed by atoms with Gasteiger partial charge in [-0.2, -0.15) is 0 Å². The number of amides is 1. The van der Waals surface area contributed by atoms with Crippen LogP contribution in [0.2, 0.25) is 0 Å². The number of aromatic nitrogens is 1. The van der Waals surface area contributed by atoms with E-state index in [1.807, 2.05) is 17.0 Å². The molecule has 1 aromatic heterocycles. The molecular formula is C18H21N3O2. The molecule has 0 radical (unpaired) electrons. The molecule has 0 aliphatic carbocycles. The summed E-state index contributed by atoms with van der Waals surface area (Å²) < 4.78 is 5.22. The van der Waals surface area contributed by atoms with E-state index >= 15 is 0 Å². The van der Waals surface area contributed by atoms with Gasteiger partial charge in [0.15, 0.2) is 0 Å². The summed E-state index contributed by atoms with van der Waals surface area (Å²) in [5.74, 6) is 0.913. The first-order valence-corrected chi connectivity index (χ1v) is 7.72. The lowest BCUT2D eigenvalue weighted by Crippen LogP contribution is -2.49. The molecule has 1 aliphatic rings. The van der Waals surface area contributed by atoms with Crippen molar-refractivity contribution in [3.05, 3.63) is 59.9 Å². The molecule has 2 heterocycles. The molecule has 0 bridgehead atoms. The molecule has 1 aliphatic heterocycles. The van der Waals surface area contributed by atoms with Gasteiger partial charge in [0.25, 0.3) is 5.91 Å². The topological polar surface area (TPSA) is 45.7 Å². The van der Waals surface area contributed by atoms with Gasteiger partial charge in [0.1, 0.15) is 5.75 Å². The quantitative estimate of drug-likeness (QED) is 0.872. The van der Waals surface area contributed by atoms with Crippen molar-refractivity contribution in [3.8, 4) is 5.75 Å². The summed E-state index contributed by atoms with van der Waals surface area (Å²) in [4.78, 5) is 20.8. The highest BCUT2D eigenvalue weighted by atomic mass is 16.5. The second-order valence-electron chi connectivity index (χ2n) is 5.76. The third-order valence-corrected chi connectivity index (χ3v) is 4.36. The van der Waals surface area contributed by atoms with E-state index in [1.165, 1.54) is 5.56 Å². The van der Waals surface area contributed by atoms with E-state index < -0.39 is 0 Å². The Morgan fingerprint density at radius 3 is 2.48 bits per heavy atom. The van der Waals surface area contributed by atoms with Crippen molar-refractivity contribution in [2.24, 2.45) is 0 Å². The predicted octanol–water partition coefficient (Wildman–Crippen LogP) is 2.22. The van der Waals surface area contributed by atoms with Gasteiger partial charge in [0.2, 0.25) is 0 Å². The Bertz CT molecular complexity index is 658. The molecule has 0 N–H and O–H groups in total. The third kappa shape index (κ3) is 3.35. The van der Waals surface area contributed by atoms with Gasteiger partial charge in [-0.05, 0) is 36.9 Å². The molecule has 1 saturated heterocycles. The molecule has 0 saturated carbocycles. The van der Waals surface area contributed by atoms with Crippen LogP contribution in [0.25, 0.3) is 0 Å². The van der Waals surface area contributed by atoms with Crippen molar-refractivity contribution in [1.29, 1.82) is 0 Å². The van der Waals surface area contributed by atoms with E-state index in [-0.39, 0.29) is 11.9 Å². The molecule has 0 unspecified atom stereocenters. The summed E-state index contributed by atoms with van der Waals surface area (Å²) in [6.07, 6.45) is 3.31. The summed E-state index contributed by atoms with van der Waals surface area (Å²) in [7, 11) is 3.76. The lowest BCUT2D eigenvalue weighted by atomic mass is 10.0. The Hall–Kier alpha value is -2.40. The Kier molecular flexibility index (Phi) is 4.57. The summed E-state index contributed by atoms with van der Waals surface area (Å²) in [6, 6.07) is 11.8. The number of methoxy groups -OCH3 is 1. The summed E-state index contributed by atoms with van der Waals surface area (Å²) in [5.41, 5.74) is 1.89. The lowest BCUT2D eigenvalue weighted by Gasteiger charge is -2.39. The monoisotopic (exact) mass is 311 g/mol. The largest absolute Gasteiger partial charge is 0.497 e. The van der Waals surface area contributed by atoms with Gasteiger partial charge < -0.3 is 9.64 Å². The van der Waals surface area contributed by atoms with Crippen LogP contribution in [0, 0.1) is 0 Å². The van der Waals surface area contributed by atoms with Gasteiger partial charge in [0.05, 0.1) is 13.2 Å². The zero-order valence-corrected chi connectivity index (χ0v) is 13.5. The average Bonchev–Trinajstić information content (AvgIpc) is 2.62. The number of carbonyl (C=O) groups is 1. The molecule has 1 aromatic carbocycles. The number of likely N-dealkylation sites (N-methyl/N-ethyl adjacent to an activating group) is 1. The molecule has 3 rings (SSSR count). The summed E-state index contributed by atoms with van der Waals surface area (Å²) in [6.45, 7) is 2.28. The highest BCUT2D eigenvalue weighted by molar-refractivity contribution is 5.94. The first-order chi connectivity index (χ1) is 11.2. The number of piperazine rings is 1. The molecule has 23 heavy (non-hydrogen) atoms. The van der Waals surface area contributed by atoms with Crippen molar-refractivity contribution in [2.45, 2.75) is 6.04 Å². The molecule has 1 atom stereocenters. The molecular weight excluding hydrogens is 290 g/mol. The van der Waals surface area contributed by atoms with Crippen LogP contribution < -0.4 is 4.74 Å². The number of pyridine rings is 1. The van der Waals surface area contributed by atoms with Crippen LogP contribution in [0.15, 0.2) is 48.8 Å². The van der Waals surface area contributed by atoms with Gasteiger partial charge in [0, 0.05) is 37.6 Å². The Balaban J connectivity index is 1.77. The number of hydrogen-bond donors (Lipinski definition) is 0. The fourth-order valence-corrected chi connectivity index (χ4v) is 2.92. The van der Waals surface area contributed by atoms with Gasteiger partial charge in [-0.1, -0.05) is 12.1 Å². The molecule has 5 nitrogen and oxygen atoms in total. The van der Waals surface area contributed by atoms with Crippen molar-refractivity contribution < 1.29 is 9.53 Å². The van der Waals surface area contributed by atoms with Crippen LogP contribution in [0.1, 0.15) is 22.0 Å². The van der Waals surface area contributed by atoms with Crippen LogP contribution in [0.4, 0.5) is 0 Å².